The molecule has 2 aromatic rings. The fraction of sp³-hybridized carbons (Fsp3) is 0.552. The molecule has 2 aliphatic heterocycles. The predicted octanol–water partition coefficient (Wildman–Crippen LogP) is 6.21. The molecule has 0 aromatic heterocycles. The summed E-state index contributed by atoms with van der Waals surface area (Å²) in [6.45, 7) is 5.85. The van der Waals surface area contributed by atoms with Gasteiger partial charge in [-0.05, 0) is 86.7 Å². The summed E-state index contributed by atoms with van der Waals surface area (Å²) in [7, 11) is 0. The van der Waals surface area contributed by atoms with Gasteiger partial charge in [0, 0.05) is 36.1 Å². The van der Waals surface area contributed by atoms with Crippen LogP contribution in [-0.4, -0.2) is 43.9 Å². The molecule has 33 heavy (non-hydrogen) atoms. The predicted molar refractivity (Wildman–Crippen MR) is 139 cm³/mol. The first kappa shape index (κ1) is 22.8. The average molecular weight is 460 g/mol. The molecule has 0 N–H and O–H groups in total. The number of anilines is 1. The zero-order valence-electron chi connectivity index (χ0n) is 20.0. The Kier molecular flexibility index (Phi) is 6.99. The zero-order valence-corrected chi connectivity index (χ0v) is 20.8. The molecule has 0 spiro atoms. The minimum atomic E-state index is -0.292. The van der Waals surface area contributed by atoms with Crippen molar-refractivity contribution in [2.45, 2.75) is 48.8 Å². The average Bonchev–Trinajstić information content (AvgIpc) is 3.39. The summed E-state index contributed by atoms with van der Waals surface area (Å²) in [5.41, 5.74) is 2.35. The lowest BCUT2D eigenvalue weighted by molar-refractivity contribution is 0.103. The second kappa shape index (κ2) is 10.1. The summed E-state index contributed by atoms with van der Waals surface area (Å²) < 4.78 is 0. The molecule has 1 saturated carbocycles. The maximum Gasteiger partial charge on any atom is 0.0879 e. The van der Waals surface area contributed by atoms with Crippen molar-refractivity contribution >= 4 is 17.4 Å². The number of piperidine rings is 1. The second-order valence-electron chi connectivity index (χ2n) is 10.4. The fourth-order valence-corrected chi connectivity index (χ4v) is 7.18. The van der Waals surface area contributed by atoms with E-state index >= 15 is 0 Å². The second-order valence-corrected chi connectivity index (χ2v) is 11.3. The Balaban J connectivity index is 1.18. The Morgan fingerprint density at radius 2 is 1.55 bits per heavy atom. The number of hydrogen-bond donors (Lipinski definition) is 0. The first-order chi connectivity index (χ1) is 16.2. The van der Waals surface area contributed by atoms with Crippen LogP contribution in [0.1, 0.15) is 44.1 Å². The van der Waals surface area contributed by atoms with Crippen molar-refractivity contribution in [1.29, 1.82) is 5.26 Å². The van der Waals surface area contributed by atoms with E-state index in [1.807, 2.05) is 0 Å². The van der Waals surface area contributed by atoms with E-state index in [-0.39, 0.29) is 5.41 Å². The van der Waals surface area contributed by atoms with E-state index in [0.29, 0.717) is 11.8 Å². The molecule has 0 amide bonds. The van der Waals surface area contributed by atoms with Crippen LogP contribution in [0.5, 0.6) is 0 Å². The van der Waals surface area contributed by atoms with Crippen molar-refractivity contribution in [3.05, 3.63) is 60.2 Å². The number of rotatable bonds is 7. The summed E-state index contributed by atoms with van der Waals surface area (Å²) in [6.07, 6.45) is 9.47. The molecule has 3 fully saturated rings. The first-order valence-corrected chi connectivity index (χ1v) is 14.0. The lowest BCUT2D eigenvalue weighted by Gasteiger charge is -2.47. The number of thioether (sulfide) groups is 1. The van der Waals surface area contributed by atoms with E-state index in [1.54, 1.807) is 11.8 Å². The number of nitriles is 1. The van der Waals surface area contributed by atoms with Gasteiger partial charge in [-0.1, -0.05) is 43.2 Å². The van der Waals surface area contributed by atoms with Gasteiger partial charge in [0.25, 0.3) is 0 Å². The summed E-state index contributed by atoms with van der Waals surface area (Å²) in [4.78, 5) is 6.52. The Morgan fingerprint density at radius 3 is 2.15 bits per heavy atom. The molecule has 0 radical (unpaired) electrons. The molecule has 2 saturated heterocycles. The molecule has 0 bridgehead atoms. The molecule has 1 aliphatic carbocycles. The van der Waals surface area contributed by atoms with Crippen molar-refractivity contribution in [2.75, 3.05) is 43.9 Å². The molecular formula is C29H37N3S. The van der Waals surface area contributed by atoms with Crippen molar-refractivity contribution in [2.24, 2.45) is 17.8 Å². The van der Waals surface area contributed by atoms with Crippen molar-refractivity contribution < 1.29 is 0 Å². The third kappa shape index (κ3) is 4.55. The topological polar surface area (TPSA) is 30.3 Å². The first-order valence-electron chi connectivity index (χ1n) is 12.8. The number of benzene rings is 2. The summed E-state index contributed by atoms with van der Waals surface area (Å²) in [6, 6.07) is 22.7. The minimum absolute atomic E-state index is 0.292. The summed E-state index contributed by atoms with van der Waals surface area (Å²) in [5.74, 6) is 1.78. The molecule has 1 unspecified atom stereocenters. The quantitative estimate of drug-likeness (QED) is 0.461. The highest BCUT2D eigenvalue weighted by Gasteiger charge is 2.48. The summed E-state index contributed by atoms with van der Waals surface area (Å²) >= 11 is 1.80. The highest BCUT2D eigenvalue weighted by Crippen LogP contribution is 2.50. The Bertz CT molecular complexity index is 933. The van der Waals surface area contributed by atoms with Crippen LogP contribution in [0.25, 0.3) is 0 Å². The molecule has 2 heterocycles. The lowest BCUT2D eigenvalue weighted by Crippen LogP contribution is -2.53. The molecular weight excluding hydrogens is 422 g/mol. The van der Waals surface area contributed by atoms with E-state index in [1.165, 1.54) is 61.5 Å². The van der Waals surface area contributed by atoms with E-state index in [2.05, 4.69) is 76.7 Å². The van der Waals surface area contributed by atoms with E-state index in [9.17, 15) is 5.26 Å². The van der Waals surface area contributed by atoms with Crippen LogP contribution in [0.15, 0.2) is 59.5 Å². The van der Waals surface area contributed by atoms with Gasteiger partial charge in [-0.25, -0.2) is 0 Å². The fourth-order valence-electron chi connectivity index (χ4n) is 6.77. The van der Waals surface area contributed by atoms with Gasteiger partial charge in [-0.15, -0.1) is 11.8 Å². The van der Waals surface area contributed by atoms with Crippen molar-refractivity contribution in [3.63, 3.8) is 0 Å². The van der Waals surface area contributed by atoms with Crippen LogP contribution in [0.2, 0.25) is 0 Å². The number of nitrogens with zero attached hydrogens (tertiary/aromatic N) is 3. The van der Waals surface area contributed by atoms with Gasteiger partial charge in [-0.2, -0.15) is 5.26 Å². The van der Waals surface area contributed by atoms with E-state index in [0.717, 1.165) is 31.8 Å². The van der Waals surface area contributed by atoms with Crippen LogP contribution in [0, 0.1) is 29.1 Å². The third-order valence-electron chi connectivity index (χ3n) is 8.58. The minimum Gasteiger partial charge on any atom is -0.371 e. The van der Waals surface area contributed by atoms with Crippen LogP contribution in [0.3, 0.4) is 0 Å². The number of hydrogen-bond acceptors (Lipinski definition) is 4. The standard InChI is InChI=1S/C29H37N3S/c1-33-28-13-11-27(12-14-28)32-20-23(21-32)19-31-17-15-26(16-18-31)29(22-30,25-9-5-6-10-25)24-7-3-2-4-8-24/h2-4,7-8,11-14,23,25-26H,5-6,9-10,15-21H2,1H3. The SMILES string of the molecule is CSc1ccc(N2CC(CN3CCC(C(C#N)(c4ccccc4)C4CCCC4)CC3)C2)cc1. The van der Waals surface area contributed by atoms with Gasteiger partial charge in [-0.3, -0.25) is 0 Å². The normalized spacial score (nSPS) is 22.6. The monoisotopic (exact) mass is 459 g/mol. The third-order valence-corrected chi connectivity index (χ3v) is 9.32. The van der Waals surface area contributed by atoms with Crippen LogP contribution >= 0.6 is 11.8 Å². The molecule has 5 rings (SSSR count). The maximum absolute atomic E-state index is 10.6. The lowest BCUT2D eigenvalue weighted by atomic mass is 9.60. The van der Waals surface area contributed by atoms with E-state index in [4.69, 9.17) is 0 Å². The molecule has 1 atom stereocenters. The Hall–Kier alpha value is -1.96. The molecule has 3 aliphatic rings. The van der Waals surface area contributed by atoms with Gasteiger partial charge in [0.1, 0.15) is 0 Å². The van der Waals surface area contributed by atoms with Gasteiger partial charge in [0.2, 0.25) is 0 Å². The van der Waals surface area contributed by atoms with Crippen LogP contribution < -0.4 is 4.90 Å². The van der Waals surface area contributed by atoms with Crippen LogP contribution in [0.4, 0.5) is 5.69 Å². The maximum atomic E-state index is 10.6. The molecule has 2 aromatic carbocycles. The molecule has 174 valence electrons. The zero-order chi connectivity index (χ0) is 22.7. The van der Waals surface area contributed by atoms with Gasteiger partial charge < -0.3 is 9.80 Å². The molecule has 4 heteroatoms. The Labute approximate surface area is 204 Å². The van der Waals surface area contributed by atoms with Crippen molar-refractivity contribution in [1.82, 2.24) is 4.90 Å². The van der Waals surface area contributed by atoms with Gasteiger partial charge in [0.05, 0.1) is 11.5 Å². The Morgan fingerprint density at radius 1 is 0.909 bits per heavy atom. The molecule has 3 nitrogen and oxygen atoms in total. The highest BCUT2D eigenvalue weighted by atomic mass is 32.2. The van der Waals surface area contributed by atoms with Gasteiger partial charge >= 0.3 is 0 Å². The van der Waals surface area contributed by atoms with E-state index < -0.39 is 0 Å². The summed E-state index contributed by atoms with van der Waals surface area (Å²) in [5, 5.41) is 10.6. The van der Waals surface area contributed by atoms with Gasteiger partial charge in [0.15, 0.2) is 0 Å². The highest BCUT2D eigenvalue weighted by molar-refractivity contribution is 7.98. The van der Waals surface area contributed by atoms with Crippen molar-refractivity contribution in [3.8, 4) is 6.07 Å². The smallest absolute Gasteiger partial charge is 0.0879 e. The number of likely N-dealkylation sites (tertiary alicyclic amines) is 1. The largest absolute Gasteiger partial charge is 0.371 e. The van der Waals surface area contributed by atoms with Crippen LogP contribution in [-0.2, 0) is 5.41 Å².